The number of carbonyl (C=O) groups excluding carboxylic acids is 3. The lowest BCUT2D eigenvalue weighted by Crippen LogP contribution is -2.24. The summed E-state index contributed by atoms with van der Waals surface area (Å²) >= 11 is 0. The molecule has 528 valence electrons. The van der Waals surface area contributed by atoms with Crippen LogP contribution in [0.2, 0.25) is 0 Å². The number of aliphatic hydroxyl groups is 1. The van der Waals surface area contributed by atoms with E-state index in [4.69, 9.17) is 0 Å². The zero-order valence-corrected chi connectivity index (χ0v) is 57.0. The van der Waals surface area contributed by atoms with Gasteiger partial charge in [0.25, 0.3) is 17.7 Å². The summed E-state index contributed by atoms with van der Waals surface area (Å²) in [7, 11) is 0. The van der Waals surface area contributed by atoms with Crippen molar-refractivity contribution in [1.82, 2.24) is 33.7 Å². The van der Waals surface area contributed by atoms with Crippen molar-refractivity contribution in [2.75, 3.05) is 16.0 Å². The van der Waals surface area contributed by atoms with Crippen LogP contribution in [0.3, 0.4) is 0 Å². The molecule has 2 aliphatic heterocycles. The molecule has 0 aliphatic carbocycles. The number of fused-ring (bicyclic) bond motifs is 3. The van der Waals surface area contributed by atoms with E-state index in [2.05, 4.69) is 46.0 Å². The number of anilines is 3. The van der Waals surface area contributed by atoms with E-state index in [-0.39, 0.29) is 29.5 Å². The molecular weight excluding hydrogens is 1370 g/mol. The summed E-state index contributed by atoms with van der Waals surface area (Å²) in [5.41, 5.74) is 12.3. The van der Waals surface area contributed by atoms with Crippen LogP contribution in [-0.4, -0.2) is 67.3 Å². The number of nitrogens with one attached hydrogen (secondary N) is 3. The summed E-state index contributed by atoms with van der Waals surface area (Å²) in [6.07, 6.45) is 12.6. The largest absolute Gasteiger partial charge is 0.417 e. The first-order chi connectivity index (χ1) is 51.0. The number of alkyl halides is 3. The lowest BCUT2D eigenvalue weighted by atomic mass is 9.95. The number of carbonyl (C=O) groups is 3. The van der Waals surface area contributed by atoms with E-state index in [9.17, 15) is 54.6 Å². The topological polar surface area (TPSA) is 196 Å². The lowest BCUT2D eigenvalue weighted by Gasteiger charge is -2.17. The Balaban J connectivity index is 0.000000141. The molecule has 4 N–H and O–H groups in total. The van der Waals surface area contributed by atoms with Crippen LogP contribution >= 0.6 is 0 Å². The van der Waals surface area contributed by atoms with Crippen molar-refractivity contribution in [3.63, 3.8) is 0 Å². The number of allylic oxidation sites excluding steroid dienone is 2. The number of imidazole rings is 2. The fourth-order valence-electron chi connectivity index (χ4n) is 12.2. The Morgan fingerprint density at radius 3 is 1.74 bits per heavy atom. The van der Waals surface area contributed by atoms with Crippen LogP contribution in [-0.2, 0) is 12.8 Å². The summed E-state index contributed by atoms with van der Waals surface area (Å²) in [6.45, 7) is 9.09. The molecule has 6 aromatic carbocycles. The number of halogens is 8. The van der Waals surface area contributed by atoms with Crippen LogP contribution in [0.25, 0.3) is 67.5 Å². The van der Waals surface area contributed by atoms with Gasteiger partial charge in [0.1, 0.15) is 23.3 Å². The number of aryl methyl sites for hydroxylation is 5. The predicted molar refractivity (Wildman–Crippen MR) is 388 cm³/mol. The highest BCUT2D eigenvalue weighted by molar-refractivity contribution is 6.08. The third-order valence-corrected chi connectivity index (χ3v) is 17.6. The smallest absolute Gasteiger partial charge is 0.390 e. The van der Waals surface area contributed by atoms with Crippen LogP contribution < -0.4 is 16.0 Å². The fourth-order valence-corrected chi connectivity index (χ4v) is 12.2. The van der Waals surface area contributed by atoms with Gasteiger partial charge < -0.3 is 21.1 Å². The molecule has 0 radical (unpaired) electrons. The molecule has 13 aromatic rings. The molecule has 0 bridgehead atoms. The van der Waals surface area contributed by atoms with Gasteiger partial charge in [-0.15, -0.1) is 0 Å². The molecule has 0 spiro atoms. The maximum absolute atomic E-state index is 14.5. The van der Waals surface area contributed by atoms with Gasteiger partial charge in [0, 0.05) is 98.6 Å². The maximum atomic E-state index is 14.5. The summed E-state index contributed by atoms with van der Waals surface area (Å²) in [5, 5.41) is 22.6. The average molecular weight is 1430 g/mol. The molecular formula is C82H61F8N12O4+. The average Bonchev–Trinajstić information content (AvgIpc) is 1.59. The van der Waals surface area contributed by atoms with Gasteiger partial charge in [0.2, 0.25) is 11.7 Å². The van der Waals surface area contributed by atoms with Crippen molar-refractivity contribution in [2.45, 2.75) is 53.4 Å². The number of nitrogens with zero attached hydrogens (tertiary/aromatic N) is 9. The summed E-state index contributed by atoms with van der Waals surface area (Å²) < 4.78 is 117. The minimum absolute atomic E-state index is 0.0349. The maximum Gasteiger partial charge on any atom is 0.417 e. The Morgan fingerprint density at radius 1 is 0.538 bits per heavy atom. The number of amides is 3. The number of aromatic nitrogens is 7. The van der Waals surface area contributed by atoms with E-state index in [0.29, 0.717) is 101 Å². The zero-order chi connectivity index (χ0) is 74.7. The molecule has 0 saturated heterocycles. The molecule has 1 unspecified atom stereocenters. The summed E-state index contributed by atoms with van der Waals surface area (Å²) in [4.78, 5) is 61.0. The number of rotatable bonds is 13. The van der Waals surface area contributed by atoms with Crippen molar-refractivity contribution in [3.05, 3.63) is 334 Å². The predicted octanol–water partition coefficient (Wildman–Crippen LogP) is 18.5. The van der Waals surface area contributed by atoms with E-state index >= 15 is 0 Å². The highest BCUT2D eigenvalue weighted by Crippen LogP contribution is 2.40. The van der Waals surface area contributed by atoms with Crippen LogP contribution in [0, 0.1) is 63.7 Å². The van der Waals surface area contributed by atoms with E-state index < -0.39 is 58.3 Å². The second kappa shape index (κ2) is 30.0. The van der Waals surface area contributed by atoms with Gasteiger partial charge in [-0.3, -0.25) is 38.1 Å². The minimum Gasteiger partial charge on any atom is -0.390 e. The first-order valence-corrected chi connectivity index (χ1v) is 32.9. The summed E-state index contributed by atoms with van der Waals surface area (Å²) in [5.74, 6) is -5.78. The Hall–Kier alpha value is -13.2. The standard InChI is InChI=1S/C28H18F5N3O.C27H20F2N4O.C27H22FN5O2/c1-16-8-11-18(12-9-16)35-27(37)20-14-17(10-13-22(20)28(31,32)33)24-6-3-7-25-21(15-34-36(24)25)19-4-2-5-23(29)26(19)30;1-16-8-10-18(11-9-16)32-27(34)21-13-23(30-14-17(21)2)19-6-4-12-33-24(15-31-26(19)33)20-5-3-7-22(28)25(20)29;1-16-5-7-21(8-6-16)31-27(35)23-11-18(13-30-17(23)2)22-4-3-9-33-25(24(15-34)32-26(22)33)19-10-20(28)14-29-12-19/h2-15,25H,1H3;3-15H,1-2H3,(H,32,34);3-14,34H,15H2,1-2H3,(H,31,35)/p+1. The van der Waals surface area contributed by atoms with Crippen molar-refractivity contribution in [3.8, 4) is 44.9 Å². The Bertz CT molecular complexity index is 5750. The normalized spacial score (nSPS) is 13.0. The van der Waals surface area contributed by atoms with Crippen molar-refractivity contribution < 1.29 is 59.3 Å². The van der Waals surface area contributed by atoms with E-state index in [1.165, 1.54) is 59.7 Å². The van der Waals surface area contributed by atoms with Gasteiger partial charge >= 0.3 is 6.18 Å². The molecule has 9 heterocycles. The second-order valence-electron chi connectivity index (χ2n) is 24.9. The van der Waals surface area contributed by atoms with Crippen molar-refractivity contribution in [1.29, 1.82) is 0 Å². The fraction of sp³-hybridized carbons (Fsp3) is 0.0976. The molecule has 0 saturated carbocycles. The number of pyridine rings is 5. The van der Waals surface area contributed by atoms with Crippen LogP contribution in [0.4, 0.5) is 52.2 Å². The highest BCUT2D eigenvalue weighted by atomic mass is 19.4. The van der Waals surface area contributed by atoms with Gasteiger partial charge in [-0.1, -0.05) is 82.1 Å². The molecule has 2 aliphatic rings. The molecule has 7 aromatic heterocycles. The minimum atomic E-state index is -4.76. The number of hydrogen-bond donors (Lipinski definition) is 4. The number of azo groups is 2. The quantitative estimate of drug-likeness (QED) is 0.0641. The lowest BCUT2D eigenvalue weighted by molar-refractivity contribution is -0.509. The van der Waals surface area contributed by atoms with Crippen LogP contribution in [0.15, 0.2) is 243 Å². The van der Waals surface area contributed by atoms with Gasteiger partial charge in [-0.2, -0.15) is 13.2 Å². The second-order valence-corrected chi connectivity index (χ2v) is 24.9. The Labute approximate surface area is 600 Å². The number of hydrogen-bond acceptors (Lipinski definition) is 10. The summed E-state index contributed by atoms with van der Waals surface area (Å²) in [6, 6.07) is 44.4. The van der Waals surface area contributed by atoms with Gasteiger partial charge in [0.15, 0.2) is 23.3 Å². The number of benzene rings is 6. The number of aliphatic hydroxyl groups excluding tert-OH is 1. The van der Waals surface area contributed by atoms with Crippen molar-refractivity contribution in [2.24, 2.45) is 5.11 Å². The first kappa shape index (κ1) is 71.2. The molecule has 3 amide bonds. The first-order valence-electron chi connectivity index (χ1n) is 32.9. The van der Waals surface area contributed by atoms with E-state index in [1.807, 2.05) is 94.4 Å². The zero-order valence-electron chi connectivity index (χ0n) is 57.0. The Kier molecular flexibility index (Phi) is 20.1. The molecule has 16 nitrogen and oxygen atoms in total. The molecule has 1 atom stereocenters. The van der Waals surface area contributed by atoms with Crippen molar-refractivity contribution >= 4 is 57.3 Å². The van der Waals surface area contributed by atoms with Crippen LogP contribution in [0.1, 0.15) is 81.4 Å². The van der Waals surface area contributed by atoms with Crippen LogP contribution in [0.5, 0.6) is 0 Å². The van der Waals surface area contributed by atoms with E-state index in [1.54, 1.807) is 101 Å². The molecule has 106 heavy (non-hydrogen) atoms. The molecule has 15 rings (SSSR count). The third kappa shape index (κ3) is 14.9. The highest BCUT2D eigenvalue weighted by Gasteiger charge is 2.40. The van der Waals surface area contributed by atoms with E-state index in [0.717, 1.165) is 58.3 Å². The van der Waals surface area contributed by atoms with Gasteiger partial charge in [-0.25, -0.2) is 31.9 Å². The third-order valence-electron chi connectivity index (χ3n) is 17.6. The molecule has 0 fully saturated rings. The monoisotopic (exact) mass is 1430 g/mol. The van der Waals surface area contributed by atoms with Gasteiger partial charge in [0.05, 0.1) is 69.7 Å². The molecule has 24 heteroatoms. The SMILES string of the molecule is Cc1ccc(NC(=O)c2cc(-c3cccn4c(-c5cccc(F)c5F)cnc34)ncc2C)cc1.Cc1ccc(NC(=O)c2cc(-c3cccn4c(-c5cncc(F)c5)c(CO)nc34)cnc2C)cc1.Cc1ccc(NC(=O)c2cc(C3=CC=CC4C(c5cccc(F)c5F)=CN=[N+]34)ccc2C(F)(F)F)cc1. The van der Waals surface area contributed by atoms with Gasteiger partial charge in [-0.05, 0) is 167 Å². The Morgan fingerprint density at radius 2 is 1.11 bits per heavy atom.